The van der Waals surface area contributed by atoms with Crippen LogP contribution in [0.4, 0.5) is 5.69 Å². The van der Waals surface area contributed by atoms with Crippen molar-refractivity contribution in [2.75, 3.05) is 5.32 Å². The van der Waals surface area contributed by atoms with Gasteiger partial charge in [0, 0.05) is 16.3 Å². The van der Waals surface area contributed by atoms with Crippen LogP contribution in [0, 0.1) is 18.3 Å². The molecule has 4 aromatic rings. The van der Waals surface area contributed by atoms with Gasteiger partial charge in [-0.25, -0.2) is 0 Å². The van der Waals surface area contributed by atoms with Crippen LogP contribution in [0.3, 0.4) is 0 Å². The molecule has 0 radical (unpaired) electrons. The number of hydrogen-bond donors (Lipinski definition) is 1. The zero-order valence-electron chi connectivity index (χ0n) is 18.0. The van der Waals surface area contributed by atoms with E-state index in [1.807, 2.05) is 47.9 Å². The maximum Gasteiger partial charge on any atom is 0.237 e. The van der Waals surface area contributed by atoms with Gasteiger partial charge in [-0.2, -0.15) is 5.26 Å². The highest BCUT2D eigenvalue weighted by Gasteiger charge is 2.22. The molecule has 0 spiro atoms. The highest BCUT2D eigenvalue weighted by molar-refractivity contribution is 8.00. The van der Waals surface area contributed by atoms with Gasteiger partial charge in [-0.15, -0.1) is 10.2 Å². The quantitative estimate of drug-likeness (QED) is 0.353. The van der Waals surface area contributed by atoms with Crippen molar-refractivity contribution in [1.29, 1.82) is 5.26 Å². The Labute approximate surface area is 201 Å². The van der Waals surface area contributed by atoms with E-state index in [1.54, 1.807) is 43.3 Å². The zero-order chi connectivity index (χ0) is 23.4. The Morgan fingerprint density at radius 2 is 1.76 bits per heavy atom. The lowest BCUT2D eigenvalue weighted by Gasteiger charge is -2.14. The third-order valence-electron chi connectivity index (χ3n) is 4.98. The number of anilines is 1. The molecule has 0 aliphatic carbocycles. The Balaban J connectivity index is 1.65. The van der Waals surface area contributed by atoms with Gasteiger partial charge in [-0.3, -0.25) is 9.36 Å². The molecule has 0 fully saturated rings. The van der Waals surface area contributed by atoms with Crippen LogP contribution >= 0.6 is 23.4 Å². The number of aryl methyl sites for hydroxylation is 1. The largest absolute Gasteiger partial charge is 0.324 e. The van der Waals surface area contributed by atoms with Gasteiger partial charge in [-0.05, 0) is 50.2 Å². The van der Waals surface area contributed by atoms with Crippen LogP contribution < -0.4 is 5.32 Å². The summed E-state index contributed by atoms with van der Waals surface area (Å²) in [5.74, 6) is 0.437. The van der Waals surface area contributed by atoms with Crippen molar-refractivity contribution in [2.24, 2.45) is 0 Å². The van der Waals surface area contributed by atoms with E-state index in [1.165, 1.54) is 11.8 Å². The van der Waals surface area contributed by atoms with Gasteiger partial charge >= 0.3 is 0 Å². The number of rotatable bonds is 6. The molecule has 6 nitrogen and oxygen atoms in total. The van der Waals surface area contributed by atoms with Crippen molar-refractivity contribution in [3.63, 3.8) is 0 Å². The second kappa shape index (κ2) is 9.90. The second-order valence-electron chi connectivity index (χ2n) is 7.39. The summed E-state index contributed by atoms with van der Waals surface area (Å²) in [6, 6.07) is 24.4. The summed E-state index contributed by atoms with van der Waals surface area (Å²) in [6.07, 6.45) is 0. The number of amides is 1. The molecule has 1 amide bonds. The number of benzene rings is 3. The third kappa shape index (κ3) is 5.08. The lowest BCUT2D eigenvalue weighted by molar-refractivity contribution is -0.115. The summed E-state index contributed by atoms with van der Waals surface area (Å²) in [4.78, 5) is 12.9. The fraction of sp³-hybridized carbons (Fsp3) is 0.120. The van der Waals surface area contributed by atoms with Crippen LogP contribution in [-0.4, -0.2) is 25.9 Å². The number of halogens is 1. The van der Waals surface area contributed by atoms with Crippen LogP contribution in [-0.2, 0) is 4.79 Å². The summed E-state index contributed by atoms with van der Waals surface area (Å²) >= 11 is 7.38. The fourth-order valence-corrected chi connectivity index (χ4v) is 4.19. The van der Waals surface area contributed by atoms with E-state index >= 15 is 0 Å². The Morgan fingerprint density at radius 3 is 2.45 bits per heavy atom. The number of para-hydroxylation sites is 1. The van der Waals surface area contributed by atoms with Crippen LogP contribution in [0.2, 0.25) is 5.02 Å². The maximum absolute atomic E-state index is 12.9. The van der Waals surface area contributed by atoms with E-state index < -0.39 is 5.25 Å². The monoisotopic (exact) mass is 473 g/mol. The Kier molecular flexibility index (Phi) is 6.78. The van der Waals surface area contributed by atoms with Gasteiger partial charge in [0.15, 0.2) is 11.0 Å². The molecular formula is C25H20ClN5OS. The lowest BCUT2D eigenvalue weighted by Crippen LogP contribution is -2.23. The normalized spacial score (nSPS) is 11.6. The van der Waals surface area contributed by atoms with E-state index in [0.717, 1.165) is 16.8 Å². The van der Waals surface area contributed by atoms with Gasteiger partial charge < -0.3 is 5.32 Å². The van der Waals surface area contributed by atoms with Crippen molar-refractivity contribution in [3.8, 4) is 23.1 Å². The minimum absolute atomic E-state index is 0.231. The van der Waals surface area contributed by atoms with Crippen molar-refractivity contribution < 1.29 is 4.79 Å². The number of hydrogen-bond acceptors (Lipinski definition) is 5. The van der Waals surface area contributed by atoms with Gasteiger partial charge in [0.25, 0.3) is 0 Å². The van der Waals surface area contributed by atoms with Gasteiger partial charge in [0.2, 0.25) is 5.91 Å². The molecule has 1 unspecified atom stereocenters. The molecule has 0 saturated carbocycles. The van der Waals surface area contributed by atoms with Gasteiger partial charge in [0.1, 0.15) is 6.07 Å². The first-order valence-corrected chi connectivity index (χ1v) is 11.5. The number of carbonyl (C=O) groups excluding carboxylic acids is 1. The van der Waals surface area contributed by atoms with Crippen LogP contribution in [0.25, 0.3) is 17.1 Å². The Bertz CT molecular complexity index is 1330. The first-order chi connectivity index (χ1) is 16.0. The van der Waals surface area contributed by atoms with Gasteiger partial charge in [-0.1, -0.05) is 65.3 Å². The Morgan fingerprint density at radius 1 is 1.06 bits per heavy atom. The molecule has 1 N–H and O–H groups in total. The van der Waals surface area contributed by atoms with Crippen LogP contribution in [0.1, 0.15) is 18.1 Å². The minimum Gasteiger partial charge on any atom is -0.324 e. The molecule has 1 aromatic heterocycles. The summed E-state index contributed by atoms with van der Waals surface area (Å²) in [5, 5.41) is 21.6. The van der Waals surface area contributed by atoms with Crippen molar-refractivity contribution >= 4 is 35.0 Å². The first-order valence-electron chi connectivity index (χ1n) is 10.2. The molecule has 3 aromatic carbocycles. The fourth-order valence-electron chi connectivity index (χ4n) is 3.19. The molecule has 8 heteroatoms. The predicted molar refractivity (Wildman–Crippen MR) is 132 cm³/mol. The highest BCUT2D eigenvalue weighted by Crippen LogP contribution is 2.31. The summed E-state index contributed by atoms with van der Waals surface area (Å²) < 4.78 is 1.92. The number of nitrogens with one attached hydrogen (secondary N) is 1. The third-order valence-corrected chi connectivity index (χ3v) is 6.28. The lowest BCUT2D eigenvalue weighted by atomic mass is 10.1. The van der Waals surface area contributed by atoms with Gasteiger partial charge in [0.05, 0.1) is 16.5 Å². The molecule has 0 aliphatic rings. The first kappa shape index (κ1) is 22.6. The van der Waals surface area contributed by atoms with E-state index in [2.05, 4.69) is 21.6 Å². The molecule has 33 heavy (non-hydrogen) atoms. The molecule has 0 saturated heterocycles. The number of nitriles is 1. The highest BCUT2D eigenvalue weighted by atomic mass is 35.5. The summed E-state index contributed by atoms with van der Waals surface area (Å²) in [6.45, 7) is 3.82. The summed E-state index contributed by atoms with van der Waals surface area (Å²) in [5.41, 5.74) is 3.79. The van der Waals surface area contributed by atoms with Crippen LogP contribution in [0.5, 0.6) is 0 Å². The van der Waals surface area contributed by atoms with Crippen molar-refractivity contribution in [2.45, 2.75) is 24.3 Å². The van der Waals surface area contributed by atoms with E-state index in [4.69, 9.17) is 11.6 Å². The number of thioether (sulfide) groups is 1. The zero-order valence-corrected chi connectivity index (χ0v) is 19.6. The average Bonchev–Trinajstić information content (AvgIpc) is 3.23. The minimum atomic E-state index is -0.488. The average molecular weight is 474 g/mol. The van der Waals surface area contributed by atoms with E-state index in [0.29, 0.717) is 27.3 Å². The SMILES string of the molecule is Cc1ccc(-c2nnc(SC(C)C(=O)Nc3ccccc3C#N)n2-c2ccc(Cl)cc2)cc1. The van der Waals surface area contributed by atoms with Crippen molar-refractivity contribution in [1.82, 2.24) is 14.8 Å². The van der Waals surface area contributed by atoms with Crippen LogP contribution in [0.15, 0.2) is 78.0 Å². The second-order valence-corrected chi connectivity index (χ2v) is 9.14. The number of carbonyl (C=O) groups is 1. The molecule has 4 rings (SSSR count). The molecule has 1 heterocycles. The maximum atomic E-state index is 12.9. The number of nitrogens with zero attached hydrogens (tertiary/aromatic N) is 4. The van der Waals surface area contributed by atoms with E-state index in [-0.39, 0.29) is 5.91 Å². The van der Waals surface area contributed by atoms with Crippen molar-refractivity contribution in [3.05, 3.63) is 88.9 Å². The molecule has 164 valence electrons. The standard InChI is InChI=1S/C25H20ClN5OS/c1-16-7-9-18(10-8-16)23-29-30-25(31(23)21-13-11-20(26)12-14-21)33-17(2)24(32)28-22-6-4-3-5-19(22)15-27/h3-14,17H,1-2H3,(H,28,32). The molecule has 0 aliphatic heterocycles. The smallest absolute Gasteiger partial charge is 0.237 e. The summed E-state index contributed by atoms with van der Waals surface area (Å²) in [7, 11) is 0. The molecule has 1 atom stereocenters. The molecular weight excluding hydrogens is 454 g/mol. The van der Waals surface area contributed by atoms with E-state index in [9.17, 15) is 10.1 Å². The molecule has 0 bridgehead atoms. The topological polar surface area (TPSA) is 83.6 Å². The number of aromatic nitrogens is 3. The predicted octanol–water partition coefficient (Wildman–Crippen LogP) is 5.89. The Hall–Kier alpha value is -3.60.